The van der Waals surface area contributed by atoms with E-state index < -0.39 is 0 Å². The topological polar surface area (TPSA) is 61.9 Å². The van der Waals surface area contributed by atoms with E-state index in [-0.39, 0.29) is 17.7 Å². The summed E-state index contributed by atoms with van der Waals surface area (Å²) >= 11 is 0. The molecule has 4 heterocycles. The molecule has 1 N–H and O–H groups in total. The molecule has 6 nitrogen and oxygen atoms in total. The first-order chi connectivity index (χ1) is 16.0. The molecule has 0 spiro atoms. The molecule has 0 radical (unpaired) electrons. The van der Waals surface area contributed by atoms with Gasteiger partial charge in [-0.15, -0.1) is 0 Å². The quantitative estimate of drug-likeness (QED) is 0.710. The highest BCUT2D eigenvalue weighted by molar-refractivity contribution is 6.14. The number of aryl methyl sites for hydroxylation is 1. The normalized spacial score (nSPS) is 21.0. The Kier molecular flexibility index (Phi) is 4.54. The lowest BCUT2D eigenvalue weighted by molar-refractivity contribution is -0.113. The number of ether oxygens (including phenoxy) is 1. The number of amides is 2. The molecule has 1 saturated heterocycles. The number of carbonyl (C=O) groups is 2. The van der Waals surface area contributed by atoms with Crippen LogP contribution in [-0.2, 0) is 22.6 Å². The number of benzene rings is 2. The fourth-order valence-corrected chi connectivity index (χ4v) is 5.20. The summed E-state index contributed by atoms with van der Waals surface area (Å²) in [6.45, 7) is 6.48. The summed E-state index contributed by atoms with van der Waals surface area (Å²) in [5.41, 5.74) is 11.4. The van der Waals surface area contributed by atoms with Crippen LogP contribution in [0.15, 0.2) is 65.2 Å². The third-order valence-electron chi connectivity index (χ3n) is 6.90. The number of nitrogens with zero attached hydrogens (tertiary/aromatic N) is 2. The lowest BCUT2D eigenvalue weighted by Gasteiger charge is -2.37. The van der Waals surface area contributed by atoms with Gasteiger partial charge in [0, 0.05) is 31.2 Å². The zero-order valence-corrected chi connectivity index (χ0v) is 18.8. The Labute approximate surface area is 192 Å². The number of hydrogen-bond acceptors (Lipinski definition) is 4. The van der Waals surface area contributed by atoms with Crippen LogP contribution in [0.5, 0.6) is 0 Å². The maximum Gasteiger partial charge on any atom is 0.272 e. The van der Waals surface area contributed by atoms with Gasteiger partial charge >= 0.3 is 0 Å². The molecule has 6 rings (SSSR count). The van der Waals surface area contributed by atoms with Gasteiger partial charge in [0.2, 0.25) is 0 Å². The molecule has 33 heavy (non-hydrogen) atoms. The molecule has 4 aliphatic heterocycles. The maximum atomic E-state index is 13.5. The van der Waals surface area contributed by atoms with Gasteiger partial charge in [0.25, 0.3) is 11.8 Å². The van der Waals surface area contributed by atoms with E-state index in [9.17, 15) is 9.59 Å². The lowest BCUT2D eigenvalue weighted by Crippen LogP contribution is -2.39. The summed E-state index contributed by atoms with van der Waals surface area (Å²) in [5.74, 6) is -0.000792. The molecular weight excluding hydrogens is 414 g/mol. The Morgan fingerprint density at radius 3 is 2.61 bits per heavy atom. The zero-order valence-electron chi connectivity index (χ0n) is 18.8. The predicted octanol–water partition coefficient (Wildman–Crippen LogP) is 4.27. The van der Waals surface area contributed by atoms with E-state index in [0.29, 0.717) is 43.3 Å². The fourth-order valence-electron chi connectivity index (χ4n) is 5.20. The average Bonchev–Trinajstić information content (AvgIpc) is 3.48. The predicted molar refractivity (Wildman–Crippen MR) is 126 cm³/mol. The summed E-state index contributed by atoms with van der Waals surface area (Å²) in [4.78, 5) is 30.4. The smallest absolute Gasteiger partial charge is 0.272 e. The van der Waals surface area contributed by atoms with Gasteiger partial charge in [-0.1, -0.05) is 30.0 Å². The van der Waals surface area contributed by atoms with Crippen molar-refractivity contribution in [3.8, 4) is 0 Å². The number of fused-ring (bicyclic) bond motifs is 4. The minimum absolute atomic E-state index is 0.0172. The largest absolute Gasteiger partial charge is 0.381 e. The third kappa shape index (κ3) is 3.22. The van der Waals surface area contributed by atoms with Crippen LogP contribution in [0.25, 0.3) is 0 Å². The van der Waals surface area contributed by atoms with E-state index in [4.69, 9.17) is 4.74 Å². The Hall–Kier alpha value is -3.60. The minimum Gasteiger partial charge on any atom is -0.381 e. The van der Waals surface area contributed by atoms with Crippen LogP contribution in [-0.4, -0.2) is 29.9 Å². The highest BCUT2D eigenvalue weighted by Crippen LogP contribution is 2.43. The molecule has 6 heteroatoms. The van der Waals surface area contributed by atoms with Crippen LogP contribution in [0.1, 0.15) is 40.4 Å². The average molecular weight is 440 g/mol. The van der Waals surface area contributed by atoms with Crippen molar-refractivity contribution < 1.29 is 14.3 Å². The lowest BCUT2D eigenvalue weighted by atomic mass is 9.95. The Morgan fingerprint density at radius 1 is 1.15 bits per heavy atom. The van der Waals surface area contributed by atoms with Crippen LogP contribution in [0, 0.1) is 12.8 Å². The van der Waals surface area contributed by atoms with E-state index >= 15 is 0 Å². The van der Waals surface area contributed by atoms with E-state index in [1.165, 1.54) is 11.1 Å². The Bertz CT molecular complexity index is 1280. The van der Waals surface area contributed by atoms with Crippen molar-refractivity contribution in [3.63, 3.8) is 0 Å². The van der Waals surface area contributed by atoms with Crippen molar-refractivity contribution in [3.05, 3.63) is 87.4 Å². The van der Waals surface area contributed by atoms with Crippen molar-refractivity contribution in [2.45, 2.75) is 33.4 Å². The number of carbonyl (C=O) groups excluding carboxylic acids is 2. The van der Waals surface area contributed by atoms with Crippen molar-refractivity contribution in [2.75, 3.05) is 23.4 Å². The van der Waals surface area contributed by atoms with E-state index in [2.05, 4.69) is 23.2 Å². The van der Waals surface area contributed by atoms with Gasteiger partial charge in [0.05, 0.1) is 23.7 Å². The molecule has 166 valence electrons. The first-order valence-electron chi connectivity index (χ1n) is 11.4. The SMILES string of the molecule is CC1=C=C(C2CCOC2)N2C(=C1)C(=O)Nc1cc(C(=O)N3Cc4ccccc4C3)c(C)cc12. The number of anilines is 2. The van der Waals surface area contributed by atoms with Gasteiger partial charge in [-0.25, -0.2) is 0 Å². The number of hydrogen-bond donors (Lipinski definition) is 1. The summed E-state index contributed by atoms with van der Waals surface area (Å²) in [6.07, 6.45) is 2.77. The first kappa shape index (κ1) is 20.0. The van der Waals surface area contributed by atoms with Crippen LogP contribution in [0.2, 0.25) is 0 Å². The van der Waals surface area contributed by atoms with Crippen molar-refractivity contribution in [1.29, 1.82) is 0 Å². The standard InChI is InChI=1S/C27H25N3O3/c1-16-9-23(20-7-8-33-15-20)30-24-11-17(2)21(12-22(24)28-26(31)25(30)10-16)27(32)29-13-18-5-3-4-6-19(18)14-29/h3-6,10-12,20H,7-8,13-15H2,1-2H3,(H,28,31). The van der Waals surface area contributed by atoms with Crippen molar-refractivity contribution in [2.24, 2.45) is 5.92 Å². The first-order valence-corrected chi connectivity index (χ1v) is 11.4. The molecule has 1 atom stereocenters. The molecule has 1 fully saturated rings. The van der Waals surface area contributed by atoms with Gasteiger partial charge in [0.15, 0.2) is 0 Å². The summed E-state index contributed by atoms with van der Waals surface area (Å²) in [7, 11) is 0. The number of rotatable bonds is 2. The van der Waals surface area contributed by atoms with E-state index in [1.807, 2.05) is 54.0 Å². The molecule has 0 bridgehead atoms. The second-order valence-corrected chi connectivity index (χ2v) is 9.19. The molecule has 2 amide bonds. The summed E-state index contributed by atoms with van der Waals surface area (Å²) in [5, 5.41) is 3.02. The summed E-state index contributed by atoms with van der Waals surface area (Å²) < 4.78 is 5.63. The molecule has 0 saturated carbocycles. The highest BCUT2D eigenvalue weighted by atomic mass is 16.5. The molecule has 0 aromatic heterocycles. The zero-order chi connectivity index (χ0) is 22.7. The third-order valence-corrected chi connectivity index (χ3v) is 6.90. The second-order valence-electron chi connectivity index (χ2n) is 9.19. The molecule has 1 unspecified atom stereocenters. The second kappa shape index (κ2) is 7.48. The van der Waals surface area contributed by atoms with Gasteiger partial charge in [0.1, 0.15) is 5.70 Å². The fraction of sp³-hybridized carbons (Fsp3) is 0.296. The van der Waals surface area contributed by atoms with Gasteiger partial charge < -0.3 is 15.0 Å². The van der Waals surface area contributed by atoms with Crippen LogP contribution >= 0.6 is 0 Å². The monoisotopic (exact) mass is 439 g/mol. The number of nitrogens with one attached hydrogen (secondary N) is 1. The molecule has 0 aliphatic carbocycles. The van der Waals surface area contributed by atoms with E-state index in [1.54, 1.807) is 0 Å². The van der Waals surface area contributed by atoms with Gasteiger partial charge in [-0.2, -0.15) is 0 Å². The molecule has 4 aliphatic rings. The van der Waals surface area contributed by atoms with Crippen LogP contribution in [0.4, 0.5) is 11.4 Å². The maximum absolute atomic E-state index is 13.5. The number of allylic oxidation sites excluding steroid dienone is 1. The molecule has 2 aromatic rings. The van der Waals surface area contributed by atoms with Crippen molar-refractivity contribution >= 4 is 23.2 Å². The van der Waals surface area contributed by atoms with Gasteiger partial charge in [-0.05, 0) is 60.7 Å². The van der Waals surface area contributed by atoms with Crippen molar-refractivity contribution in [1.82, 2.24) is 4.90 Å². The summed E-state index contributed by atoms with van der Waals surface area (Å²) in [6, 6.07) is 12.0. The molecule has 2 aromatic carbocycles. The van der Waals surface area contributed by atoms with Gasteiger partial charge in [-0.3, -0.25) is 14.5 Å². The van der Waals surface area contributed by atoms with E-state index in [0.717, 1.165) is 28.9 Å². The van der Waals surface area contributed by atoms with Crippen LogP contribution < -0.4 is 10.2 Å². The Balaban J connectivity index is 1.39. The molecular formula is C27H25N3O3. The highest BCUT2D eigenvalue weighted by Gasteiger charge is 2.37. The van der Waals surface area contributed by atoms with Crippen LogP contribution in [0.3, 0.4) is 0 Å². The Morgan fingerprint density at radius 2 is 1.91 bits per heavy atom. The minimum atomic E-state index is -0.171.